The van der Waals surface area contributed by atoms with Gasteiger partial charge in [-0.15, -0.1) is 11.3 Å². The highest BCUT2D eigenvalue weighted by Crippen LogP contribution is 2.50. The van der Waals surface area contributed by atoms with E-state index in [2.05, 4.69) is 0 Å². The molecule has 0 aliphatic heterocycles. The van der Waals surface area contributed by atoms with E-state index >= 15 is 0 Å². The Morgan fingerprint density at radius 1 is 0.913 bits per heavy atom. The standard InChI is InChI=1S/C16H12Cl2FN3S/c17-9-2-1-3-10(18)13(9)15-14(21)12(16(22)23-15)8-6-7(20)4-5-11(8)19/h1-6H,20-22H2. The highest BCUT2D eigenvalue weighted by atomic mass is 35.5. The van der Waals surface area contributed by atoms with Crippen molar-refractivity contribution in [1.29, 1.82) is 0 Å². The van der Waals surface area contributed by atoms with Gasteiger partial charge in [-0.2, -0.15) is 0 Å². The van der Waals surface area contributed by atoms with Crippen LogP contribution in [-0.2, 0) is 0 Å². The summed E-state index contributed by atoms with van der Waals surface area (Å²) >= 11 is 13.7. The maximum atomic E-state index is 14.2. The van der Waals surface area contributed by atoms with E-state index in [1.54, 1.807) is 18.2 Å². The molecule has 0 amide bonds. The molecule has 23 heavy (non-hydrogen) atoms. The van der Waals surface area contributed by atoms with Crippen molar-refractivity contribution in [3.8, 4) is 21.6 Å². The minimum absolute atomic E-state index is 0.255. The third-order valence-corrected chi connectivity index (χ3v) is 5.10. The maximum absolute atomic E-state index is 14.2. The molecule has 3 rings (SSSR count). The topological polar surface area (TPSA) is 78.1 Å². The lowest BCUT2D eigenvalue weighted by Gasteiger charge is -2.08. The smallest absolute Gasteiger partial charge is 0.131 e. The maximum Gasteiger partial charge on any atom is 0.131 e. The Labute approximate surface area is 146 Å². The van der Waals surface area contributed by atoms with Gasteiger partial charge in [0.1, 0.15) is 5.82 Å². The molecule has 6 N–H and O–H groups in total. The fourth-order valence-electron chi connectivity index (χ4n) is 2.37. The molecule has 0 saturated heterocycles. The van der Waals surface area contributed by atoms with Gasteiger partial charge in [-0.3, -0.25) is 0 Å². The predicted octanol–water partition coefficient (Wildman–Crippen LogP) is 5.27. The molecule has 0 atom stereocenters. The molecule has 0 aliphatic carbocycles. The fraction of sp³-hybridized carbons (Fsp3) is 0. The summed E-state index contributed by atoms with van der Waals surface area (Å²) in [7, 11) is 0. The van der Waals surface area contributed by atoms with Crippen LogP contribution in [0.4, 0.5) is 20.8 Å². The van der Waals surface area contributed by atoms with Gasteiger partial charge in [-0.1, -0.05) is 29.3 Å². The molecular formula is C16H12Cl2FN3S. The van der Waals surface area contributed by atoms with Crippen molar-refractivity contribution in [2.45, 2.75) is 0 Å². The van der Waals surface area contributed by atoms with Gasteiger partial charge in [0.2, 0.25) is 0 Å². The molecule has 0 fully saturated rings. The SMILES string of the molecule is Nc1ccc(F)c(-c2c(N)sc(-c3c(Cl)cccc3Cl)c2N)c1. The zero-order chi connectivity index (χ0) is 16.7. The third kappa shape index (κ3) is 2.72. The molecule has 1 aromatic heterocycles. The van der Waals surface area contributed by atoms with Crippen LogP contribution in [-0.4, -0.2) is 0 Å². The van der Waals surface area contributed by atoms with Crippen molar-refractivity contribution >= 4 is 50.9 Å². The van der Waals surface area contributed by atoms with Crippen molar-refractivity contribution in [2.24, 2.45) is 0 Å². The first-order valence-corrected chi connectivity index (χ1v) is 8.15. The second kappa shape index (κ2) is 5.92. The van der Waals surface area contributed by atoms with Gasteiger partial charge in [0.15, 0.2) is 0 Å². The Hall–Kier alpha value is -1.95. The van der Waals surface area contributed by atoms with Crippen molar-refractivity contribution in [3.63, 3.8) is 0 Å². The van der Waals surface area contributed by atoms with Crippen LogP contribution < -0.4 is 17.2 Å². The molecule has 118 valence electrons. The highest BCUT2D eigenvalue weighted by molar-refractivity contribution is 7.20. The Morgan fingerprint density at radius 3 is 2.22 bits per heavy atom. The molecule has 3 nitrogen and oxygen atoms in total. The summed E-state index contributed by atoms with van der Waals surface area (Å²) in [6.45, 7) is 0. The second-order valence-electron chi connectivity index (χ2n) is 4.92. The van der Waals surface area contributed by atoms with E-state index in [0.29, 0.717) is 42.4 Å². The van der Waals surface area contributed by atoms with Gasteiger partial charge in [-0.25, -0.2) is 4.39 Å². The summed E-state index contributed by atoms with van der Waals surface area (Å²) in [5.74, 6) is -0.452. The van der Waals surface area contributed by atoms with Gasteiger partial charge in [0.25, 0.3) is 0 Å². The molecule has 3 aromatic rings. The predicted molar refractivity (Wildman–Crippen MR) is 98.4 cm³/mol. The Kier molecular flexibility index (Phi) is 4.10. The number of hydrogen-bond donors (Lipinski definition) is 3. The first-order valence-electron chi connectivity index (χ1n) is 6.57. The quantitative estimate of drug-likeness (QED) is 0.539. The molecule has 0 radical (unpaired) electrons. The number of nitrogen functional groups attached to an aromatic ring is 3. The first-order chi connectivity index (χ1) is 10.9. The lowest BCUT2D eigenvalue weighted by atomic mass is 10.0. The molecule has 0 aliphatic rings. The van der Waals surface area contributed by atoms with Gasteiger partial charge >= 0.3 is 0 Å². The van der Waals surface area contributed by atoms with Crippen molar-refractivity contribution in [3.05, 3.63) is 52.3 Å². The fourth-order valence-corrected chi connectivity index (χ4v) is 4.15. The van der Waals surface area contributed by atoms with Crippen LogP contribution in [0, 0.1) is 5.82 Å². The van der Waals surface area contributed by atoms with E-state index in [1.807, 2.05) is 0 Å². The summed E-state index contributed by atoms with van der Waals surface area (Å²) in [6.07, 6.45) is 0. The second-order valence-corrected chi connectivity index (χ2v) is 6.79. The average molecular weight is 368 g/mol. The number of nitrogens with two attached hydrogens (primary N) is 3. The molecular weight excluding hydrogens is 356 g/mol. The van der Waals surface area contributed by atoms with Crippen molar-refractivity contribution in [2.75, 3.05) is 17.2 Å². The van der Waals surface area contributed by atoms with Crippen LogP contribution in [0.3, 0.4) is 0 Å². The summed E-state index contributed by atoms with van der Waals surface area (Å²) in [4.78, 5) is 0.606. The van der Waals surface area contributed by atoms with Gasteiger partial charge in [-0.05, 0) is 30.3 Å². The molecule has 2 aromatic carbocycles. The molecule has 0 saturated carbocycles. The highest BCUT2D eigenvalue weighted by Gasteiger charge is 2.22. The number of thiophene rings is 1. The van der Waals surface area contributed by atoms with Crippen LogP contribution in [0.2, 0.25) is 10.0 Å². The molecule has 0 unspecified atom stereocenters. The number of benzene rings is 2. The van der Waals surface area contributed by atoms with E-state index in [0.717, 1.165) is 0 Å². The first kappa shape index (κ1) is 15.9. The summed E-state index contributed by atoms with van der Waals surface area (Å²) < 4.78 is 14.2. The molecule has 0 bridgehead atoms. The average Bonchev–Trinajstić information content (AvgIpc) is 2.77. The van der Waals surface area contributed by atoms with Crippen LogP contribution in [0.5, 0.6) is 0 Å². The zero-order valence-corrected chi connectivity index (χ0v) is 14.1. The Balaban J connectivity index is 2.28. The summed E-state index contributed by atoms with van der Waals surface area (Å²) in [6, 6.07) is 9.41. The third-order valence-electron chi connectivity index (χ3n) is 3.42. The van der Waals surface area contributed by atoms with Crippen LogP contribution in [0.25, 0.3) is 21.6 Å². The van der Waals surface area contributed by atoms with E-state index in [4.69, 9.17) is 40.4 Å². The van der Waals surface area contributed by atoms with Crippen molar-refractivity contribution in [1.82, 2.24) is 0 Å². The monoisotopic (exact) mass is 367 g/mol. The van der Waals surface area contributed by atoms with E-state index in [1.165, 1.54) is 29.5 Å². The lowest BCUT2D eigenvalue weighted by molar-refractivity contribution is 0.631. The minimum Gasteiger partial charge on any atom is -0.399 e. The van der Waals surface area contributed by atoms with E-state index < -0.39 is 5.82 Å². The van der Waals surface area contributed by atoms with Gasteiger partial charge in [0, 0.05) is 22.4 Å². The van der Waals surface area contributed by atoms with Gasteiger partial charge < -0.3 is 17.2 Å². The lowest BCUT2D eigenvalue weighted by Crippen LogP contribution is -1.95. The summed E-state index contributed by atoms with van der Waals surface area (Å²) in [5.41, 5.74) is 20.0. The van der Waals surface area contributed by atoms with Crippen molar-refractivity contribution < 1.29 is 4.39 Å². The van der Waals surface area contributed by atoms with Gasteiger partial charge in [0.05, 0.1) is 25.6 Å². The molecule has 1 heterocycles. The van der Waals surface area contributed by atoms with Crippen LogP contribution >= 0.6 is 34.5 Å². The number of anilines is 3. The number of halogens is 3. The Morgan fingerprint density at radius 2 is 1.57 bits per heavy atom. The Bertz CT molecular complexity index is 888. The summed E-state index contributed by atoms with van der Waals surface area (Å²) in [5, 5.41) is 1.27. The van der Waals surface area contributed by atoms with Crippen LogP contribution in [0.15, 0.2) is 36.4 Å². The zero-order valence-electron chi connectivity index (χ0n) is 11.7. The number of rotatable bonds is 2. The molecule has 0 spiro atoms. The minimum atomic E-state index is -0.452. The van der Waals surface area contributed by atoms with E-state index in [9.17, 15) is 4.39 Å². The van der Waals surface area contributed by atoms with E-state index in [-0.39, 0.29) is 5.56 Å². The normalized spacial score (nSPS) is 10.9. The number of hydrogen-bond acceptors (Lipinski definition) is 4. The molecule has 7 heteroatoms. The van der Waals surface area contributed by atoms with Crippen LogP contribution in [0.1, 0.15) is 0 Å². The largest absolute Gasteiger partial charge is 0.399 e.